The molecule has 0 bridgehead atoms. The normalized spacial score (nSPS) is 18.6. The van der Waals surface area contributed by atoms with Crippen LogP contribution in [0.1, 0.15) is 31.2 Å². The quantitative estimate of drug-likeness (QED) is 0.827. The maximum Gasteiger partial charge on any atom is 0.242 e. The second-order valence-electron chi connectivity index (χ2n) is 6.99. The number of carbonyl (C=O) groups is 2. The van der Waals surface area contributed by atoms with Gasteiger partial charge in [-0.1, -0.05) is 23.7 Å². The summed E-state index contributed by atoms with van der Waals surface area (Å²) in [7, 11) is 0. The number of benzene rings is 1. The molecule has 1 aromatic carbocycles. The molecule has 26 heavy (non-hydrogen) atoms. The van der Waals surface area contributed by atoms with Crippen LogP contribution in [0.2, 0.25) is 5.02 Å². The molecule has 1 N–H and O–H groups in total. The molecule has 0 radical (unpaired) electrons. The Morgan fingerprint density at radius 1 is 1.15 bits per heavy atom. The molecule has 2 fully saturated rings. The van der Waals surface area contributed by atoms with E-state index in [1.54, 1.807) is 4.90 Å². The number of amides is 2. The van der Waals surface area contributed by atoms with Gasteiger partial charge in [0.2, 0.25) is 11.8 Å². The molecular formula is C19H27Cl2N3O2. The monoisotopic (exact) mass is 399 g/mol. The molecule has 144 valence electrons. The zero-order valence-corrected chi connectivity index (χ0v) is 16.5. The van der Waals surface area contributed by atoms with E-state index in [1.165, 1.54) is 0 Å². The molecule has 0 saturated carbocycles. The number of hydrogen-bond acceptors (Lipinski definition) is 3. The second kappa shape index (κ2) is 10.1. The average Bonchev–Trinajstić information content (AvgIpc) is 2.64. The summed E-state index contributed by atoms with van der Waals surface area (Å²) >= 11 is 5.89. The predicted octanol–water partition coefficient (Wildman–Crippen LogP) is 2.71. The van der Waals surface area contributed by atoms with Crippen molar-refractivity contribution in [1.29, 1.82) is 0 Å². The Bertz CT molecular complexity index is 603. The van der Waals surface area contributed by atoms with Gasteiger partial charge in [0.05, 0.1) is 6.54 Å². The van der Waals surface area contributed by atoms with Crippen LogP contribution in [0, 0.1) is 5.92 Å². The minimum Gasteiger partial charge on any atom is -0.335 e. The molecule has 0 unspecified atom stereocenters. The predicted molar refractivity (Wildman–Crippen MR) is 106 cm³/mol. The summed E-state index contributed by atoms with van der Waals surface area (Å²) in [5.41, 5.74) is 1.06. The molecule has 1 aromatic rings. The van der Waals surface area contributed by atoms with Gasteiger partial charge >= 0.3 is 0 Å². The van der Waals surface area contributed by atoms with Gasteiger partial charge in [-0.15, -0.1) is 12.4 Å². The van der Waals surface area contributed by atoms with Gasteiger partial charge in [0.15, 0.2) is 0 Å². The highest BCUT2D eigenvalue weighted by Gasteiger charge is 2.27. The van der Waals surface area contributed by atoms with Gasteiger partial charge in [0.1, 0.15) is 0 Å². The summed E-state index contributed by atoms with van der Waals surface area (Å²) in [6, 6.07) is 7.54. The first-order valence-electron chi connectivity index (χ1n) is 9.12. The molecule has 2 amide bonds. The van der Waals surface area contributed by atoms with Crippen LogP contribution in [0.25, 0.3) is 0 Å². The first-order chi connectivity index (χ1) is 12.1. The number of nitrogens with one attached hydrogen (secondary N) is 1. The van der Waals surface area contributed by atoms with Crippen LogP contribution in [-0.2, 0) is 16.1 Å². The Kier molecular flexibility index (Phi) is 8.19. The minimum absolute atomic E-state index is 0. The number of piperazine rings is 1. The average molecular weight is 400 g/mol. The zero-order chi connectivity index (χ0) is 17.6. The van der Waals surface area contributed by atoms with E-state index in [9.17, 15) is 9.59 Å². The lowest BCUT2D eigenvalue weighted by atomic mass is 9.93. The smallest absolute Gasteiger partial charge is 0.242 e. The van der Waals surface area contributed by atoms with E-state index < -0.39 is 0 Å². The highest BCUT2D eigenvalue weighted by Crippen LogP contribution is 2.19. The van der Waals surface area contributed by atoms with E-state index in [2.05, 4.69) is 5.32 Å². The van der Waals surface area contributed by atoms with Crippen molar-refractivity contribution in [3.63, 3.8) is 0 Å². The van der Waals surface area contributed by atoms with Gasteiger partial charge in [-0.25, -0.2) is 0 Å². The lowest BCUT2D eigenvalue weighted by Crippen LogP contribution is -2.51. The summed E-state index contributed by atoms with van der Waals surface area (Å²) in [4.78, 5) is 28.3. The van der Waals surface area contributed by atoms with E-state index in [-0.39, 0.29) is 30.8 Å². The number of carbonyl (C=O) groups excluding carboxylic acids is 2. The van der Waals surface area contributed by atoms with Crippen LogP contribution in [-0.4, -0.2) is 54.3 Å². The fourth-order valence-electron chi connectivity index (χ4n) is 3.55. The van der Waals surface area contributed by atoms with Crippen LogP contribution >= 0.6 is 24.0 Å². The van der Waals surface area contributed by atoms with Crippen molar-refractivity contribution in [3.8, 4) is 0 Å². The molecule has 2 aliphatic heterocycles. The molecule has 3 rings (SSSR count). The van der Waals surface area contributed by atoms with Gasteiger partial charge in [-0.05, 0) is 56.0 Å². The highest BCUT2D eigenvalue weighted by molar-refractivity contribution is 6.30. The molecule has 2 aliphatic rings. The highest BCUT2D eigenvalue weighted by atomic mass is 35.5. The molecule has 2 saturated heterocycles. The maximum absolute atomic E-state index is 12.4. The van der Waals surface area contributed by atoms with Crippen molar-refractivity contribution in [2.75, 3.05) is 32.7 Å². The van der Waals surface area contributed by atoms with Gasteiger partial charge in [-0.3, -0.25) is 9.59 Å². The fraction of sp³-hybridized carbons (Fsp3) is 0.579. The van der Waals surface area contributed by atoms with E-state index in [4.69, 9.17) is 11.6 Å². The number of nitrogens with zero attached hydrogens (tertiary/aromatic N) is 2. The molecule has 0 spiro atoms. The minimum atomic E-state index is 0. The van der Waals surface area contributed by atoms with Crippen molar-refractivity contribution in [2.45, 2.75) is 32.2 Å². The van der Waals surface area contributed by atoms with Crippen molar-refractivity contribution >= 4 is 35.8 Å². The third-order valence-corrected chi connectivity index (χ3v) is 5.44. The molecule has 5 nitrogen and oxygen atoms in total. The van der Waals surface area contributed by atoms with Gasteiger partial charge in [0, 0.05) is 31.1 Å². The van der Waals surface area contributed by atoms with E-state index in [0.717, 1.165) is 37.9 Å². The summed E-state index contributed by atoms with van der Waals surface area (Å²) in [6.45, 7) is 4.12. The topological polar surface area (TPSA) is 52.7 Å². The lowest BCUT2D eigenvalue weighted by Gasteiger charge is -2.34. The van der Waals surface area contributed by atoms with Crippen LogP contribution in [0.3, 0.4) is 0 Å². The Balaban J connectivity index is 0.00000243. The molecule has 0 aliphatic carbocycles. The largest absolute Gasteiger partial charge is 0.335 e. The van der Waals surface area contributed by atoms with E-state index in [0.29, 0.717) is 37.0 Å². The SMILES string of the molecule is Cl.O=C(CCC1CCNCC1)N1CCN(Cc2ccc(Cl)cc2)C(=O)C1. The number of halogens is 2. The third-order valence-electron chi connectivity index (χ3n) is 5.18. The van der Waals surface area contributed by atoms with Crippen molar-refractivity contribution < 1.29 is 9.59 Å². The van der Waals surface area contributed by atoms with Crippen molar-refractivity contribution in [1.82, 2.24) is 15.1 Å². The van der Waals surface area contributed by atoms with Crippen LogP contribution < -0.4 is 5.32 Å². The first kappa shape index (κ1) is 21.0. The van der Waals surface area contributed by atoms with Crippen molar-refractivity contribution in [2.24, 2.45) is 5.92 Å². The summed E-state index contributed by atoms with van der Waals surface area (Å²) < 4.78 is 0. The second-order valence-corrected chi connectivity index (χ2v) is 7.43. The number of piperidine rings is 1. The Morgan fingerprint density at radius 3 is 2.50 bits per heavy atom. The molecule has 0 atom stereocenters. The van der Waals surface area contributed by atoms with Crippen LogP contribution in [0.15, 0.2) is 24.3 Å². The Hall–Kier alpha value is -1.30. The summed E-state index contributed by atoms with van der Waals surface area (Å²) in [6.07, 6.45) is 3.82. The number of hydrogen-bond donors (Lipinski definition) is 1. The van der Waals surface area contributed by atoms with Crippen molar-refractivity contribution in [3.05, 3.63) is 34.9 Å². The van der Waals surface area contributed by atoms with Crippen LogP contribution in [0.4, 0.5) is 0 Å². The van der Waals surface area contributed by atoms with E-state index >= 15 is 0 Å². The van der Waals surface area contributed by atoms with Crippen LogP contribution in [0.5, 0.6) is 0 Å². The standard InChI is InChI=1S/C19H26ClN3O2.ClH/c20-17-4-1-16(2-5-17)13-22-11-12-23(14-19(22)25)18(24)6-3-15-7-9-21-10-8-15;/h1-2,4-5,15,21H,3,6-14H2;1H. The summed E-state index contributed by atoms with van der Waals surface area (Å²) in [5, 5.41) is 4.04. The van der Waals surface area contributed by atoms with Gasteiger partial charge < -0.3 is 15.1 Å². The summed E-state index contributed by atoms with van der Waals surface area (Å²) in [5.74, 6) is 0.793. The Morgan fingerprint density at radius 2 is 1.85 bits per heavy atom. The van der Waals surface area contributed by atoms with Gasteiger partial charge in [-0.2, -0.15) is 0 Å². The lowest BCUT2D eigenvalue weighted by molar-refractivity contribution is -0.145. The fourth-order valence-corrected chi connectivity index (χ4v) is 3.68. The number of rotatable bonds is 5. The molecular weight excluding hydrogens is 373 g/mol. The first-order valence-corrected chi connectivity index (χ1v) is 9.50. The molecule has 0 aromatic heterocycles. The molecule has 2 heterocycles. The zero-order valence-electron chi connectivity index (χ0n) is 15.0. The maximum atomic E-state index is 12.4. The van der Waals surface area contributed by atoms with E-state index in [1.807, 2.05) is 29.2 Å². The third kappa shape index (κ3) is 5.86. The Labute approximate surface area is 166 Å². The van der Waals surface area contributed by atoms with Gasteiger partial charge in [0.25, 0.3) is 0 Å². The molecule has 7 heteroatoms.